The summed E-state index contributed by atoms with van der Waals surface area (Å²) in [7, 11) is 0. The Morgan fingerprint density at radius 3 is 2.29 bits per heavy atom. The third kappa shape index (κ3) is 6.23. The van der Waals surface area contributed by atoms with Crippen molar-refractivity contribution in [3.63, 3.8) is 0 Å². The molecule has 96 valence electrons. The highest BCUT2D eigenvalue weighted by molar-refractivity contribution is 9.09. The molecule has 0 heterocycles. The Kier molecular flexibility index (Phi) is 7.54. The molecule has 0 amide bonds. The lowest BCUT2D eigenvalue weighted by molar-refractivity contribution is 0.118. The van der Waals surface area contributed by atoms with E-state index in [2.05, 4.69) is 60.1 Å². The van der Waals surface area contributed by atoms with Crippen molar-refractivity contribution in [2.45, 2.75) is 32.6 Å². The molecule has 0 aliphatic rings. The number of halogens is 1. The van der Waals surface area contributed by atoms with Crippen LogP contribution in [-0.2, 0) is 4.74 Å². The summed E-state index contributed by atoms with van der Waals surface area (Å²) in [6, 6.07) is 10.7. The van der Waals surface area contributed by atoms with Crippen LogP contribution in [0.25, 0.3) is 0 Å². The van der Waals surface area contributed by atoms with Gasteiger partial charge in [-0.1, -0.05) is 60.1 Å². The SMILES string of the molecule is CC(C)CCOCCC(CBr)c1ccccc1. The van der Waals surface area contributed by atoms with Gasteiger partial charge < -0.3 is 4.74 Å². The van der Waals surface area contributed by atoms with Crippen molar-refractivity contribution in [2.75, 3.05) is 18.5 Å². The standard InChI is InChI=1S/C15H23BrO/c1-13(2)8-10-17-11-9-15(12-16)14-6-4-3-5-7-14/h3-7,13,15H,8-12H2,1-2H3. The van der Waals surface area contributed by atoms with Crippen molar-refractivity contribution >= 4 is 15.9 Å². The zero-order valence-corrected chi connectivity index (χ0v) is 12.4. The largest absolute Gasteiger partial charge is 0.381 e. The molecule has 0 saturated carbocycles. The predicted molar refractivity (Wildman–Crippen MR) is 77.9 cm³/mol. The highest BCUT2D eigenvalue weighted by Gasteiger charge is 2.09. The maximum absolute atomic E-state index is 5.68. The smallest absolute Gasteiger partial charge is 0.0472 e. The number of benzene rings is 1. The van der Waals surface area contributed by atoms with Gasteiger partial charge in [0.25, 0.3) is 0 Å². The lowest BCUT2D eigenvalue weighted by Gasteiger charge is -2.14. The molecule has 0 radical (unpaired) electrons. The minimum Gasteiger partial charge on any atom is -0.381 e. The fourth-order valence-electron chi connectivity index (χ4n) is 1.70. The van der Waals surface area contributed by atoms with Gasteiger partial charge in [0, 0.05) is 18.5 Å². The first-order chi connectivity index (χ1) is 8.24. The average Bonchev–Trinajstić information content (AvgIpc) is 2.34. The average molecular weight is 299 g/mol. The molecule has 0 N–H and O–H groups in total. The summed E-state index contributed by atoms with van der Waals surface area (Å²) in [5.74, 6) is 1.30. The summed E-state index contributed by atoms with van der Waals surface area (Å²) in [5, 5.41) is 1.00. The molecule has 2 heteroatoms. The molecule has 1 rings (SSSR count). The van der Waals surface area contributed by atoms with Crippen molar-refractivity contribution in [3.05, 3.63) is 35.9 Å². The topological polar surface area (TPSA) is 9.23 Å². The maximum atomic E-state index is 5.68. The van der Waals surface area contributed by atoms with Crippen LogP contribution >= 0.6 is 15.9 Å². The minimum absolute atomic E-state index is 0.565. The van der Waals surface area contributed by atoms with Crippen molar-refractivity contribution in [2.24, 2.45) is 5.92 Å². The van der Waals surface area contributed by atoms with Crippen molar-refractivity contribution < 1.29 is 4.74 Å². The van der Waals surface area contributed by atoms with Gasteiger partial charge in [0.05, 0.1) is 0 Å². The molecule has 0 aromatic heterocycles. The first kappa shape index (κ1) is 14.7. The van der Waals surface area contributed by atoms with Crippen LogP contribution in [0, 0.1) is 5.92 Å². The van der Waals surface area contributed by atoms with Gasteiger partial charge in [-0.2, -0.15) is 0 Å². The first-order valence-corrected chi connectivity index (χ1v) is 7.54. The second-order valence-electron chi connectivity index (χ2n) is 4.85. The van der Waals surface area contributed by atoms with Gasteiger partial charge in [0.1, 0.15) is 0 Å². The van der Waals surface area contributed by atoms with Crippen molar-refractivity contribution in [1.82, 2.24) is 0 Å². The molecule has 0 fully saturated rings. The van der Waals surface area contributed by atoms with E-state index >= 15 is 0 Å². The third-order valence-electron chi connectivity index (χ3n) is 2.91. The molecule has 1 unspecified atom stereocenters. The van der Waals surface area contributed by atoms with E-state index in [4.69, 9.17) is 4.74 Å². The molecule has 0 aliphatic carbocycles. The van der Waals surface area contributed by atoms with Gasteiger partial charge in [-0.3, -0.25) is 0 Å². The monoisotopic (exact) mass is 298 g/mol. The molecule has 17 heavy (non-hydrogen) atoms. The van der Waals surface area contributed by atoms with Crippen molar-refractivity contribution in [3.8, 4) is 0 Å². The fourth-order valence-corrected chi connectivity index (χ4v) is 2.40. The number of hydrogen-bond donors (Lipinski definition) is 0. The number of rotatable bonds is 8. The summed E-state index contributed by atoms with van der Waals surface area (Å²) < 4.78 is 5.68. The predicted octanol–water partition coefficient (Wildman–Crippen LogP) is 4.62. The molecule has 0 aliphatic heterocycles. The molecule has 0 spiro atoms. The number of ether oxygens (including phenoxy) is 1. The van der Waals surface area contributed by atoms with Crippen LogP contribution in [-0.4, -0.2) is 18.5 Å². The Morgan fingerprint density at radius 2 is 1.71 bits per heavy atom. The van der Waals surface area contributed by atoms with Gasteiger partial charge in [0.15, 0.2) is 0 Å². The van der Waals surface area contributed by atoms with Crippen LogP contribution in [0.4, 0.5) is 0 Å². The highest BCUT2D eigenvalue weighted by atomic mass is 79.9. The van der Waals surface area contributed by atoms with Crippen LogP contribution < -0.4 is 0 Å². The highest BCUT2D eigenvalue weighted by Crippen LogP contribution is 2.21. The molecule has 1 nitrogen and oxygen atoms in total. The van der Waals surface area contributed by atoms with Gasteiger partial charge in [-0.25, -0.2) is 0 Å². The zero-order chi connectivity index (χ0) is 12.5. The molecular formula is C15H23BrO. The van der Waals surface area contributed by atoms with E-state index in [9.17, 15) is 0 Å². The Balaban J connectivity index is 2.24. The number of alkyl halides is 1. The first-order valence-electron chi connectivity index (χ1n) is 6.42. The molecule has 1 aromatic rings. The van der Waals surface area contributed by atoms with Crippen LogP contribution in [0.2, 0.25) is 0 Å². The van der Waals surface area contributed by atoms with Crippen LogP contribution in [0.3, 0.4) is 0 Å². The van der Waals surface area contributed by atoms with Gasteiger partial charge in [-0.05, 0) is 30.2 Å². The zero-order valence-electron chi connectivity index (χ0n) is 10.9. The third-order valence-corrected chi connectivity index (χ3v) is 3.69. The summed E-state index contributed by atoms with van der Waals surface area (Å²) in [5.41, 5.74) is 1.40. The molecule has 1 atom stereocenters. The molecule has 0 saturated heterocycles. The Hall–Kier alpha value is -0.340. The summed E-state index contributed by atoms with van der Waals surface area (Å²) in [6.07, 6.45) is 2.25. The Labute approximate surface area is 114 Å². The van der Waals surface area contributed by atoms with E-state index in [1.807, 2.05) is 0 Å². The lowest BCUT2D eigenvalue weighted by atomic mass is 9.98. The molecule has 1 aromatic carbocycles. The summed E-state index contributed by atoms with van der Waals surface area (Å²) in [4.78, 5) is 0. The molecular weight excluding hydrogens is 276 g/mol. The molecule has 0 bridgehead atoms. The normalized spacial score (nSPS) is 12.9. The summed E-state index contributed by atoms with van der Waals surface area (Å²) in [6.45, 7) is 6.21. The minimum atomic E-state index is 0.565. The quantitative estimate of drug-likeness (QED) is 0.503. The van der Waals surface area contributed by atoms with Gasteiger partial charge in [0.2, 0.25) is 0 Å². The fraction of sp³-hybridized carbons (Fsp3) is 0.600. The van der Waals surface area contributed by atoms with Gasteiger partial charge >= 0.3 is 0 Å². The maximum Gasteiger partial charge on any atom is 0.0472 e. The van der Waals surface area contributed by atoms with E-state index in [1.54, 1.807) is 0 Å². The second kappa shape index (κ2) is 8.71. The Morgan fingerprint density at radius 1 is 1.06 bits per heavy atom. The van der Waals surface area contributed by atoms with Crippen LogP contribution in [0.5, 0.6) is 0 Å². The number of hydrogen-bond acceptors (Lipinski definition) is 1. The lowest BCUT2D eigenvalue weighted by Crippen LogP contribution is -2.07. The van der Waals surface area contributed by atoms with Gasteiger partial charge in [-0.15, -0.1) is 0 Å². The van der Waals surface area contributed by atoms with Crippen LogP contribution in [0.1, 0.15) is 38.2 Å². The van der Waals surface area contributed by atoms with E-state index in [1.165, 1.54) is 5.56 Å². The van der Waals surface area contributed by atoms with E-state index in [0.29, 0.717) is 5.92 Å². The van der Waals surface area contributed by atoms with Crippen LogP contribution in [0.15, 0.2) is 30.3 Å². The summed E-state index contributed by atoms with van der Waals surface area (Å²) >= 11 is 3.59. The second-order valence-corrected chi connectivity index (χ2v) is 5.49. The van der Waals surface area contributed by atoms with Crippen molar-refractivity contribution in [1.29, 1.82) is 0 Å². The van der Waals surface area contributed by atoms with E-state index in [-0.39, 0.29) is 0 Å². The van der Waals surface area contributed by atoms with E-state index in [0.717, 1.165) is 37.3 Å². The van der Waals surface area contributed by atoms with E-state index < -0.39 is 0 Å². The Bertz CT molecular complexity index is 284.